The van der Waals surface area contributed by atoms with Gasteiger partial charge in [0, 0.05) is 17.2 Å². The van der Waals surface area contributed by atoms with Gasteiger partial charge in [0.2, 0.25) is 0 Å². The number of ether oxygens (including phenoxy) is 2. The molecule has 0 aliphatic rings. The summed E-state index contributed by atoms with van der Waals surface area (Å²) < 4.78 is 10.6. The number of carbonyl (C=O) groups is 1. The topological polar surface area (TPSA) is 48.4 Å². The van der Waals surface area contributed by atoms with Crippen molar-refractivity contribution in [1.82, 2.24) is 4.98 Å². The summed E-state index contributed by atoms with van der Waals surface area (Å²) in [6.07, 6.45) is 3.08. The number of methoxy groups -OCH3 is 1. The van der Waals surface area contributed by atoms with Crippen LogP contribution >= 0.6 is 0 Å². The van der Waals surface area contributed by atoms with E-state index in [0.717, 1.165) is 22.4 Å². The molecule has 0 bridgehead atoms. The lowest BCUT2D eigenvalue weighted by molar-refractivity contribution is -0.128. The van der Waals surface area contributed by atoms with Crippen LogP contribution in [0, 0.1) is 6.92 Å². The third kappa shape index (κ3) is 3.60. The lowest BCUT2D eigenvalue weighted by atomic mass is 10.2. The molecule has 4 nitrogen and oxygen atoms in total. The molecule has 3 rings (SSSR count). The quantitative estimate of drug-likeness (QED) is 0.411. The SMILES string of the molecule is COc1cccc(/C=C/C(=O)Oc2cccc3ccc(C)nc23)c1. The minimum Gasteiger partial charge on any atom is -0.497 e. The molecule has 1 heterocycles. The van der Waals surface area contributed by atoms with E-state index in [1.54, 1.807) is 19.3 Å². The number of esters is 1. The summed E-state index contributed by atoms with van der Waals surface area (Å²) >= 11 is 0. The number of nitrogens with zero attached hydrogens (tertiary/aromatic N) is 1. The minimum absolute atomic E-state index is 0.450. The Morgan fingerprint density at radius 2 is 1.92 bits per heavy atom. The molecule has 0 N–H and O–H groups in total. The van der Waals surface area contributed by atoms with Crippen LogP contribution in [0.25, 0.3) is 17.0 Å². The Morgan fingerprint density at radius 1 is 1.08 bits per heavy atom. The van der Waals surface area contributed by atoms with E-state index in [-0.39, 0.29) is 0 Å². The Labute approximate surface area is 140 Å². The molecule has 0 aliphatic carbocycles. The lowest BCUT2D eigenvalue weighted by Crippen LogP contribution is -2.04. The number of rotatable bonds is 4. The smallest absolute Gasteiger partial charge is 0.336 e. The van der Waals surface area contributed by atoms with E-state index in [1.807, 2.05) is 55.5 Å². The van der Waals surface area contributed by atoms with Gasteiger partial charge in [-0.15, -0.1) is 0 Å². The number of hydrogen-bond acceptors (Lipinski definition) is 4. The van der Waals surface area contributed by atoms with Gasteiger partial charge in [-0.2, -0.15) is 0 Å². The second-order valence-corrected chi connectivity index (χ2v) is 5.31. The molecule has 0 fully saturated rings. The van der Waals surface area contributed by atoms with Gasteiger partial charge in [0.25, 0.3) is 0 Å². The fourth-order valence-electron chi connectivity index (χ4n) is 2.35. The van der Waals surface area contributed by atoms with E-state index in [1.165, 1.54) is 6.08 Å². The van der Waals surface area contributed by atoms with Crippen molar-refractivity contribution in [3.63, 3.8) is 0 Å². The van der Waals surface area contributed by atoms with E-state index in [2.05, 4.69) is 4.98 Å². The van der Waals surface area contributed by atoms with Crippen molar-refractivity contribution in [2.24, 2.45) is 0 Å². The molecule has 0 saturated carbocycles. The Hall–Kier alpha value is -3.14. The molecule has 0 spiro atoms. The summed E-state index contributed by atoms with van der Waals surface area (Å²) in [5.74, 6) is 0.740. The Morgan fingerprint density at radius 3 is 2.75 bits per heavy atom. The first-order valence-corrected chi connectivity index (χ1v) is 7.56. The van der Waals surface area contributed by atoms with Gasteiger partial charge < -0.3 is 9.47 Å². The second kappa shape index (κ2) is 6.96. The Balaban J connectivity index is 1.80. The van der Waals surface area contributed by atoms with E-state index < -0.39 is 5.97 Å². The second-order valence-electron chi connectivity index (χ2n) is 5.31. The first-order chi connectivity index (χ1) is 11.7. The van der Waals surface area contributed by atoms with Crippen LogP contribution in [-0.4, -0.2) is 18.1 Å². The summed E-state index contributed by atoms with van der Waals surface area (Å²) in [7, 11) is 1.60. The maximum atomic E-state index is 12.1. The molecule has 24 heavy (non-hydrogen) atoms. The van der Waals surface area contributed by atoms with Gasteiger partial charge in [0.1, 0.15) is 11.3 Å². The molecular formula is C20H17NO3. The summed E-state index contributed by atoms with van der Waals surface area (Å²) in [5.41, 5.74) is 2.41. The third-order valence-electron chi connectivity index (χ3n) is 3.54. The van der Waals surface area contributed by atoms with Crippen molar-refractivity contribution in [1.29, 1.82) is 0 Å². The monoisotopic (exact) mass is 319 g/mol. The van der Waals surface area contributed by atoms with Crippen molar-refractivity contribution >= 4 is 22.9 Å². The first kappa shape index (κ1) is 15.7. The molecule has 0 aliphatic heterocycles. The lowest BCUT2D eigenvalue weighted by Gasteiger charge is -2.06. The van der Waals surface area contributed by atoms with Crippen LogP contribution in [-0.2, 0) is 4.79 Å². The number of hydrogen-bond donors (Lipinski definition) is 0. The van der Waals surface area contributed by atoms with Crippen LogP contribution in [0.15, 0.2) is 60.7 Å². The van der Waals surface area contributed by atoms with Gasteiger partial charge in [-0.1, -0.05) is 30.3 Å². The molecule has 4 heteroatoms. The van der Waals surface area contributed by atoms with Gasteiger partial charge in [-0.25, -0.2) is 9.78 Å². The third-order valence-corrected chi connectivity index (χ3v) is 3.54. The van der Waals surface area contributed by atoms with Crippen molar-refractivity contribution in [3.05, 3.63) is 71.9 Å². The number of fused-ring (bicyclic) bond motifs is 1. The highest BCUT2D eigenvalue weighted by atomic mass is 16.5. The van der Waals surface area contributed by atoms with Crippen LogP contribution in [0.5, 0.6) is 11.5 Å². The van der Waals surface area contributed by atoms with E-state index in [9.17, 15) is 4.79 Å². The zero-order chi connectivity index (χ0) is 16.9. The number of pyridine rings is 1. The predicted molar refractivity (Wildman–Crippen MR) is 94.1 cm³/mol. The first-order valence-electron chi connectivity index (χ1n) is 7.56. The number of aryl methyl sites for hydroxylation is 1. The molecule has 3 aromatic rings. The zero-order valence-electron chi connectivity index (χ0n) is 13.5. The molecule has 0 radical (unpaired) electrons. The highest BCUT2D eigenvalue weighted by molar-refractivity contribution is 5.92. The van der Waals surface area contributed by atoms with Crippen LogP contribution in [0.3, 0.4) is 0 Å². The highest BCUT2D eigenvalue weighted by Gasteiger charge is 2.07. The van der Waals surface area contributed by atoms with Crippen LogP contribution in [0.1, 0.15) is 11.3 Å². The van der Waals surface area contributed by atoms with Gasteiger partial charge in [0.05, 0.1) is 7.11 Å². The molecule has 1 aromatic heterocycles. The average Bonchev–Trinajstić information content (AvgIpc) is 2.61. The average molecular weight is 319 g/mol. The Bertz CT molecular complexity index is 916. The van der Waals surface area contributed by atoms with Gasteiger partial charge in [0.15, 0.2) is 5.75 Å². The van der Waals surface area contributed by atoms with Crippen molar-refractivity contribution in [2.75, 3.05) is 7.11 Å². The molecular weight excluding hydrogens is 302 g/mol. The number of para-hydroxylation sites is 1. The zero-order valence-corrected chi connectivity index (χ0v) is 13.5. The molecule has 120 valence electrons. The maximum absolute atomic E-state index is 12.1. The molecule has 0 amide bonds. The molecule has 0 unspecified atom stereocenters. The summed E-state index contributed by atoms with van der Waals surface area (Å²) in [6, 6.07) is 16.8. The highest BCUT2D eigenvalue weighted by Crippen LogP contribution is 2.24. The fraction of sp³-hybridized carbons (Fsp3) is 0.100. The van der Waals surface area contributed by atoms with Crippen molar-refractivity contribution in [3.8, 4) is 11.5 Å². The van der Waals surface area contributed by atoms with Crippen molar-refractivity contribution in [2.45, 2.75) is 6.92 Å². The van der Waals surface area contributed by atoms with E-state index >= 15 is 0 Å². The largest absolute Gasteiger partial charge is 0.497 e. The number of carbonyl (C=O) groups excluding carboxylic acids is 1. The van der Waals surface area contributed by atoms with Crippen LogP contribution in [0.4, 0.5) is 0 Å². The van der Waals surface area contributed by atoms with Gasteiger partial charge >= 0.3 is 5.97 Å². The Kier molecular flexibility index (Phi) is 4.57. The predicted octanol–water partition coefficient (Wildman–Crippen LogP) is 4.17. The molecule has 2 aromatic carbocycles. The summed E-state index contributed by atoms with van der Waals surface area (Å²) in [5, 5.41) is 0.933. The van der Waals surface area contributed by atoms with Crippen LogP contribution < -0.4 is 9.47 Å². The summed E-state index contributed by atoms with van der Waals surface area (Å²) in [6.45, 7) is 1.90. The number of aromatic nitrogens is 1. The van der Waals surface area contributed by atoms with Crippen molar-refractivity contribution < 1.29 is 14.3 Å². The van der Waals surface area contributed by atoms with E-state index in [0.29, 0.717) is 11.3 Å². The normalized spacial score (nSPS) is 10.9. The minimum atomic E-state index is -0.450. The van der Waals surface area contributed by atoms with Gasteiger partial charge in [-0.3, -0.25) is 0 Å². The number of benzene rings is 2. The molecule has 0 atom stereocenters. The van der Waals surface area contributed by atoms with Gasteiger partial charge in [-0.05, 0) is 42.8 Å². The van der Waals surface area contributed by atoms with Crippen LogP contribution in [0.2, 0.25) is 0 Å². The molecule has 0 saturated heterocycles. The standard InChI is InChI=1S/C20H17NO3/c1-14-9-11-16-6-4-8-18(20(16)21-14)24-19(22)12-10-15-5-3-7-17(13-15)23-2/h3-13H,1-2H3/b12-10+. The van der Waals surface area contributed by atoms with E-state index in [4.69, 9.17) is 9.47 Å². The summed E-state index contributed by atoms with van der Waals surface area (Å²) in [4.78, 5) is 16.6. The maximum Gasteiger partial charge on any atom is 0.336 e. The fourth-order valence-corrected chi connectivity index (χ4v) is 2.35.